The molecular weight excluding hydrogens is 1790 g/mol. The van der Waals surface area contributed by atoms with Crippen molar-refractivity contribution in [1.82, 2.24) is 5.39 Å². The standard InChI is InChI=1S/C12H24N4O12S2.2C7H14BrNO3.2C7H15NO6S2.C5H11BrO3.C2H6O.2CO.2Na.2H2O/c1-3-11(4-2)5-23-16(26-25-13)27-28-24-8-12(6-21-14(17)18,7-22-15(19)20)10-30-29-9-11;2*1-3-7(4-2,5-8)6-12-9(10)11;2*1-3-7(4-2,5-13-8(9)10)6-16(12,15)14-11;6-1-5(2-7,3-8)4-9;1-3-2;2*1-2;;;;/h3-10,13H2,1-2H3;2*3-6H2,1-2H3;2*11H,3-6H2,1-2H3;7-9H,1-4H2;1-2H3;;;;;2*1H2/q;;;;;;;;;2*+1;;/p-2. The Morgan fingerprint density at radius 2 is 0.792 bits per heavy atom. The average Bonchev–Trinajstić information content (AvgIpc) is 0.904. The molecule has 0 saturated carbocycles. The Morgan fingerprint density at radius 1 is 0.528 bits per heavy atom. The van der Waals surface area contributed by atoms with Crippen molar-refractivity contribution in [2.45, 2.75) is 133 Å². The van der Waals surface area contributed by atoms with E-state index in [1.807, 2.05) is 41.5 Å². The van der Waals surface area contributed by atoms with E-state index in [1.165, 1.54) is 21.6 Å². The summed E-state index contributed by atoms with van der Waals surface area (Å²) in [5.74, 6) is 5.12. The fourth-order valence-electron chi connectivity index (χ4n) is 6.73. The molecule has 57 heteroatoms. The molecule has 0 aromatic rings. The zero-order valence-electron chi connectivity index (χ0n) is 61.4. The summed E-state index contributed by atoms with van der Waals surface area (Å²) in [6.07, 6.45) is 6.78. The first-order valence-corrected chi connectivity index (χ1v) is 40.5. The van der Waals surface area contributed by atoms with Crippen LogP contribution in [0.15, 0.2) is 0 Å². The summed E-state index contributed by atoms with van der Waals surface area (Å²) in [5.41, 5.74) is -4.11. The largest absolute Gasteiger partial charge is 1.00 e. The molecule has 0 amide bonds. The molecule has 1 rings (SSSR count). The van der Waals surface area contributed by atoms with Crippen LogP contribution in [0.3, 0.4) is 0 Å². The summed E-state index contributed by atoms with van der Waals surface area (Å²) in [5, 5.41) is 109. The fourth-order valence-corrected chi connectivity index (χ4v) is 16.7. The van der Waals surface area contributed by atoms with Crippen molar-refractivity contribution in [3.05, 3.63) is 74.0 Å². The molecule has 0 spiro atoms. The van der Waals surface area contributed by atoms with Gasteiger partial charge in [-0.1, -0.05) is 149 Å². The topological polar surface area (TPSA) is 670 Å². The predicted octanol–water partition coefficient (Wildman–Crippen LogP) is -2.05. The first-order valence-electron chi connectivity index (χ1n) is 29.5. The minimum Gasteiger partial charge on any atom is 1.00 e. The second kappa shape index (κ2) is 77.8. The van der Waals surface area contributed by atoms with E-state index in [-0.39, 0.29) is 156 Å². The van der Waals surface area contributed by atoms with E-state index in [9.17, 15) is 79.6 Å². The molecule has 0 radical (unpaired) electrons. The number of ether oxygens (including phenoxy) is 1. The Balaban J connectivity index is -0.000000102. The van der Waals surface area contributed by atoms with Gasteiger partial charge in [0.15, 0.2) is 0 Å². The predicted molar refractivity (Wildman–Crippen MR) is 378 cm³/mol. The summed E-state index contributed by atoms with van der Waals surface area (Å²) in [6, 6.07) is 0. The number of aliphatic hydroxyl groups is 3. The Labute approximate surface area is 701 Å². The molecule has 0 aliphatic carbocycles. The van der Waals surface area contributed by atoms with Crippen LogP contribution in [0, 0.1) is 112 Å². The number of rotatable bonds is 42. The number of halogens is 3. The molecule has 1 aliphatic heterocycles. The van der Waals surface area contributed by atoms with Crippen LogP contribution in [0.25, 0.3) is 0 Å². The van der Waals surface area contributed by atoms with Gasteiger partial charge in [-0.2, -0.15) is 5.90 Å². The average molecular weight is 1890 g/mol. The van der Waals surface area contributed by atoms with Crippen molar-refractivity contribution in [2.24, 2.45) is 43.8 Å². The summed E-state index contributed by atoms with van der Waals surface area (Å²) >= 11 is 18.7. The van der Waals surface area contributed by atoms with Gasteiger partial charge in [-0.05, 0) is 69.2 Å². The van der Waals surface area contributed by atoms with Crippen LogP contribution in [0.4, 0.5) is 0 Å². The van der Waals surface area contributed by atoms with E-state index in [1.54, 1.807) is 41.9 Å². The number of methoxy groups -OCH3 is 1. The third-order valence-corrected chi connectivity index (χ3v) is 25.1. The van der Waals surface area contributed by atoms with Gasteiger partial charge in [-0.3, -0.25) is 0 Å². The van der Waals surface area contributed by atoms with Gasteiger partial charge in [-0.15, -0.1) is 65.7 Å². The second-order valence-corrected chi connectivity index (χ2v) is 31.7. The van der Waals surface area contributed by atoms with Gasteiger partial charge in [0.05, 0.1) is 50.0 Å². The van der Waals surface area contributed by atoms with Gasteiger partial charge in [0, 0.05) is 96.6 Å². The van der Waals surface area contributed by atoms with Crippen molar-refractivity contribution in [3.63, 3.8) is 0 Å². The summed E-state index contributed by atoms with van der Waals surface area (Å²) < 4.78 is 49.0. The number of alkyl halides is 3. The fraction of sp³-hybridized carbons (Fsp3) is 0.959. The van der Waals surface area contributed by atoms with Gasteiger partial charge in [0.1, 0.15) is 62.6 Å². The minimum absolute atomic E-state index is 0. The van der Waals surface area contributed by atoms with Crippen LogP contribution in [-0.4, -0.2) is 196 Å². The van der Waals surface area contributed by atoms with Crippen LogP contribution >= 0.6 is 69.4 Å². The van der Waals surface area contributed by atoms with E-state index in [2.05, 4.69) is 146 Å². The molecule has 624 valence electrons. The Bertz CT molecular complexity index is 2290. The van der Waals surface area contributed by atoms with Crippen molar-refractivity contribution in [1.29, 1.82) is 0 Å². The molecule has 1 heterocycles. The molecule has 1 fully saturated rings. The summed E-state index contributed by atoms with van der Waals surface area (Å²) in [4.78, 5) is 111. The third-order valence-electron chi connectivity index (χ3n) is 15.3. The monoisotopic (exact) mass is 1880 g/mol. The van der Waals surface area contributed by atoms with Crippen molar-refractivity contribution in [2.75, 3.05) is 126 Å². The van der Waals surface area contributed by atoms with Crippen LogP contribution in [0.2, 0.25) is 0 Å². The van der Waals surface area contributed by atoms with Crippen molar-refractivity contribution in [3.8, 4) is 0 Å². The number of hydrogen-bond donors (Lipinski definition) is 4. The SMILES string of the molecule is CCC(CC)(CBr)CO[N+](=O)[O-].CCC(CC)(CBr)CO[N+](=O)[O-].CCC(CC)(CO[N+](=O)[O-])CS(=O)(=S)O[O-].CCC(CC)(CO[N+](=O)[O-])CS(=O)(=S)O[O-].CCC1(CC)CON(OON)OOOCC(CO[N+](=O)[O-])(CO[N+](=O)[O-])CSSC1.COC.O.O.OCC(CO)(CO)CBr.[C-]#[O+].[C-]#[O+].[Na+].[Na+]. The molecule has 2 atom stereocenters. The Morgan fingerprint density at radius 3 is 1.00 bits per heavy atom. The van der Waals surface area contributed by atoms with Crippen LogP contribution in [0.5, 0.6) is 0 Å². The third kappa shape index (κ3) is 66.3. The molecular formula is C49H101Br3N8Na2O38S6. The van der Waals surface area contributed by atoms with Crippen molar-refractivity contribution >= 4 is 109 Å². The zero-order valence-corrected chi connectivity index (χ0v) is 75.1. The van der Waals surface area contributed by atoms with E-state index in [4.69, 9.17) is 40.2 Å². The van der Waals surface area contributed by atoms with Crippen molar-refractivity contribution < 1.29 is 216 Å². The number of aliphatic hydroxyl groups excluding tert-OH is 3. The van der Waals surface area contributed by atoms with E-state index < -0.39 is 89.5 Å². The molecule has 0 aromatic carbocycles. The Hall–Kier alpha value is -1.16. The van der Waals surface area contributed by atoms with Crippen LogP contribution < -0.4 is 75.5 Å². The van der Waals surface area contributed by atoms with Gasteiger partial charge in [0.25, 0.3) is 30.5 Å². The minimum atomic E-state index is -3.37. The van der Waals surface area contributed by atoms with Gasteiger partial charge in [0.2, 0.25) is 0 Å². The molecule has 2 unspecified atom stereocenters. The zero-order chi connectivity index (χ0) is 81.4. The smallest absolute Gasteiger partial charge is 1.00 e. The summed E-state index contributed by atoms with van der Waals surface area (Å²) in [7, 11) is -0.730. The quantitative estimate of drug-likeness (QED) is 0.00747. The summed E-state index contributed by atoms with van der Waals surface area (Å²) in [6.45, 7) is 25.8. The normalized spacial score (nSPS) is 14.3. The van der Waals surface area contributed by atoms with E-state index >= 15 is 0 Å². The molecule has 0 aromatic heterocycles. The first-order chi connectivity index (χ1) is 47.8. The molecule has 46 nitrogen and oxygen atoms in total. The van der Waals surface area contributed by atoms with Gasteiger partial charge < -0.3 is 79.2 Å². The molecule has 9 N–H and O–H groups in total. The van der Waals surface area contributed by atoms with Gasteiger partial charge in [-0.25, -0.2) is 18.1 Å². The number of hydrogen-bond acceptors (Lipinski definition) is 40. The Kier molecular flexibility index (Phi) is 96.2. The maximum atomic E-state index is 11.4. The molecule has 1 aliphatic rings. The van der Waals surface area contributed by atoms with E-state index in [0.717, 1.165) is 49.2 Å². The number of nitrogens with zero attached hydrogens (tertiary/aromatic N) is 7. The number of nitrogens with two attached hydrogens (primary N) is 1. The van der Waals surface area contributed by atoms with Crippen LogP contribution in [0.1, 0.15) is 133 Å². The molecule has 0 bridgehead atoms. The van der Waals surface area contributed by atoms with Gasteiger partial charge >= 0.3 is 81.7 Å². The second-order valence-electron chi connectivity index (χ2n) is 21.4. The molecule has 106 heavy (non-hydrogen) atoms. The van der Waals surface area contributed by atoms with Crippen LogP contribution in [-0.2, 0) is 121 Å². The van der Waals surface area contributed by atoms with E-state index in [0.29, 0.717) is 42.2 Å². The maximum absolute atomic E-state index is 11.4. The first kappa shape index (κ1) is 131. The maximum Gasteiger partial charge on any atom is 1.00 e. The molecule has 1 saturated heterocycles.